The third-order valence-corrected chi connectivity index (χ3v) is 4.44. The van der Waals surface area contributed by atoms with Crippen LogP contribution >= 0.6 is 11.6 Å². The lowest BCUT2D eigenvalue weighted by molar-refractivity contribution is -0.173. The van der Waals surface area contributed by atoms with Gasteiger partial charge in [-0.3, -0.25) is 4.79 Å². The normalized spacial score (nSPS) is 17.1. The van der Waals surface area contributed by atoms with E-state index in [1.54, 1.807) is 36.5 Å². The Hall–Kier alpha value is -3.32. The molecule has 3 aromatic rings. The number of para-hydroxylation sites is 1. The smallest absolute Gasteiger partial charge is 0.404 e. The van der Waals surface area contributed by atoms with Gasteiger partial charge in [0.05, 0.1) is 5.56 Å². The summed E-state index contributed by atoms with van der Waals surface area (Å²) >= 11 is 5.91. The third-order valence-electron chi connectivity index (χ3n) is 4.23. The predicted octanol–water partition coefficient (Wildman–Crippen LogP) is 5.01. The summed E-state index contributed by atoms with van der Waals surface area (Å²) in [5, 5.41) is 6.43. The van der Waals surface area contributed by atoms with Crippen molar-refractivity contribution in [1.29, 1.82) is 0 Å². The predicted molar refractivity (Wildman–Crippen MR) is 108 cm³/mol. The summed E-state index contributed by atoms with van der Waals surface area (Å²) < 4.78 is 23.9. The maximum absolute atomic E-state index is 13.8. The van der Waals surface area contributed by atoms with Gasteiger partial charge in [-0.05, 0) is 42.0 Å². The highest BCUT2D eigenvalue weighted by Gasteiger charge is 2.36. The van der Waals surface area contributed by atoms with E-state index < -0.39 is 6.04 Å². The van der Waals surface area contributed by atoms with Gasteiger partial charge in [-0.2, -0.15) is 4.39 Å². The quantitative estimate of drug-likeness (QED) is 0.575. The molecular formula is C21H17ClFN3O3. The first-order valence-corrected chi connectivity index (χ1v) is 9.23. The number of anilines is 2. The minimum absolute atomic E-state index is 0.230. The molecule has 1 aliphatic heterocycles. The van der Waals surface area contributed by atoms with E-state index in [1.807, 2.05) is 18.2 Å². The molecule has 1 aliphatic rings. The van der Waals surface area contributed by atoms with Gasteiger partial charge in [-0.1, -0.05) is 23.7 Å². The van der Waals surface area contributed by atoms with Crippen LogP contribution in [0, 0.1) is 0 Å². The van der Waals surface area contributed by atoms with Crippen molar-refractivity contribution in [3.63, 3.8) is 0 Å². The molecule has 2 heterocycles. The molecule has 148 valence electrons. The van der Waals surface area contributed by atoms with Crippen molar-refractivity contribution in [3.8, 4) is 11.5 Å². The molecule has 6 nitrogen and oxygen atoms in total. The lowest BCUT2D eigenvalue weighted by atomic mass is 10.1. The fourth-order valence-electron chi connectivity index (χ4n) is 2.95. The van der Waals surface area contributed by atoms with Crippen molar-refractivity contribution in [2.24, 2.45) is 0 Å². The van der Waals surface area contributed by atoms with Crippen LogP contribution in [-0.4, -0.2) is 16.9 Å². The fourth-order valence-corrected chi connectivity index (χ4v) is 3.14. The summed E-state index contributed by atoms with van der Waals surface area (Å²) in [6, 6.07) is 13.2. The Morgan fingerprint density at radius 3 is 2.76 bits per heavy atom. The SMILES string of the molecule is CC1(F)Oc2ccc(NC(=O)c3ccccc3NCc3ccnc(Cl)c3)cc2O1. The standard InChI is InChI=1S/C21H17ClFN3O3/c1-21(23)28-17-7-6-14(11-18(17)29-21)26-20(27)15-4-2-3-5-16(15)25-12-13-8-9-24-19(22)10-13/h2-11,25H,12H2,1H3,(H,26,27). The van der Waals surface area contributed by atoms with Gasteiger partial charge < -0.3 is 20.1 Å². The second kappa shape index (κ2) is 7.60. The summed E-state index contributed by atoms with van der Waals surface area (Å²) in [4.78, 5) is 16.8. The van der Waals surface area contributed by atoms with Crippen molar-refractivity contribution in [2.45, 2.75) is 19.5 Å². The summed E-state index contributed by atoms with van der Waals surface area (Å²) in [6.45, 7) is 1.65. The van der Waals surface area contributed by atoms with Crippen LogP contribution in [0.25, 0.3) is 0 Å². The van der Waals surface area contributed by atoms with Crippen LogP contribution in [0.5, 0.6) is 11.5 Å². The van der Waals surface area contributed by atoms with Gasteiger partial charge in [-0.15, -0.1) is 0 Å². The Morgan fingerprint density at radius 1 is 1.14 bits per heavy atom. The molecule has 0 radical (unpaired) electrons. The molecule has 8 heteroatoms. The molecule has 1 atom stereocenters. The monoisotopic (exact) mass is 413 g/mol. The Kier molecular flexibility index (Phi) is 4.98. The molecular weight excluding hydrogens is 397 g/mol. The van der Waals surface area contributed by atoms with Gasteiger partial charge in [0.15, 0.2) is 11.5 Å². The van der Waals surface area contributed by atoms with E-state index in [2.05, 4.69) is 15.6 Å². The maximum atomic E-state index is 13.8. The lowest BCUT2D eigenvalue weighted by Gasteiger charge is -2.13. The second-order valence-corrected chi connectivity index (χ2v) is 6.93. The number of carbonyl (C=O) groups excluding carboxylic acids is 1. The fraction of sp³-hybridized carbons (Fsp3) is 0.143. The number of ether oxygens (including phenoxy) is 2. The first-order valence-electron chi connectivity index (χ1n) is 8.85. The van der Waals surface area contributed by atoms with Crippen LogP contribution in [0.15, 0.2) is 60.8 Å². The second-order valence-electron chi connectivity index (χ2n) is 6.54. The summed E-state index contributed by atoms with van der Waals surface area (Å²) in [5.74, 6) is 0.197. The number of benzene rings is 2. The average Bonchev–Trinajstić information content (AvgIpc) is 2.99. The van der Waals surface area contributed by atoms with E-state index in [1.165, 1.54) is 13.0 Å². The largest absolute Gasteiger partial charge is 0.423 e. The topological polar surface area (TPSA) is 72.5 Å². The van der Waals surface area contributed by atoms with Crippen molar-refractivity contribution in [1.82, 2.24) is 4.98 Å². The van der Waals surface area contributed by atoms with Gasteiger partial charge in [0.1, 0.15) is 5.15 Å². The molecule has 2 N–H and O–H groups in total. The van der Waals surface area contributed by atoms with Gasteiger partial charge in [0.2, 0.25) is 0 Å². The molecule has 0 saturated carbocycles. The highest BCUT2D eigenvalue weighted by Crippen LogP contribution is 2.41. The van der Waals surface area contributed by atoms with Crippen LogP contribution in [-0.2, 0) is 6.54 Å². The number of rotatable bonds is 5. The van der Waals surface area contributed by atoms with E-state index in [4.69, 9.17) is 21.1 Å². The van der Waals surface area contributed by atoms with Crippen LogP contribution in [0.4, 0.5) is 15.8 Å². The molecule has 29 heavy (non-hydrogen) atoms. The zero-order chi connectivity index (χ0) is 20.4. The average molecular weight is 414 g/mol. The van der Waals surface area contributed by atoms with Crippen molar-refractivity contribution < 1.29 is 18.7 Å². The molecule has 1 unspecified atom stereocenters. The first-order chi connectivity index (χ1) is 13.9. The molecule has 0 fully saturated rings. The molecule has 0 bridgehead atoms. The molecule has 1 aromatic heterocycles. The van der Waals surface area contributed by atoms with Gasteiger partial charge in [0, 0.05) is 37.1 Å². The Bertz CT molecular complexity index is 1070. The zero-order valence-electron chi connectivity index (χ0n) is 15.4. The van der Waals surface area contributed by atoms with Gasteiger partial charge >= 0.3 is 6.04 Å². The van der Waals surface area contributed by atoms with Crippen molar-refractivity contribution in [2.75, 3.05) is 10.6 Å². The number of halogens is 2. The number of alkyl halides is 1. The highest BCUT2D eigenvalue weighted by atomic mass is 35.5. The Morgan fingerprint density at radius 2 is 1.93 bits per heavy atom. The molecule has 4 rings (SSSR count). The van der Waals surface area contributed by atoms with E-state index in [0.29, 0.717) is 28.6 Å². The third kappa shape index (κ3) is 4.41. The first kappa shape index (κ1) is 19.0. The maximum Gasteiger partial charge on any atom is 0.404 e. The molecule has 0 spiro atoms. The number of amides is 1. The van der Waals surface area contributed by atoms with Crippen LogP contribution in [0.1, 0.15) is 22.8 Å². The number of aromatic nitrogens is 1. The Labute approximate surface area is 171 Å². The zero-order valence-corrected chi connectivity index (χ0v) is 16.2. The lowest BCUT2D eigenvalue weighted by Crippen LogP contribution is -2.27. The number of fused-ring (bicyclic) bond motifs is 1. The molecule has 0 saturated heterocycles. The van der Waals surface area contributed by atoms with E-state index in [9.17, 15) is 9.18 Å². The summed E-state index contributed by atoms with van der Waals surface area (Å²) in [5.41, 5.74) is 2.52. The number of nitrogens with zero attached hydrogens (tertiary/aromatic N) is 1. The van der Waals surface area contributed by atoms with E-state index in [0.717, 1.165) is 5.56 Å². The number of pyridine rings is 1. The number of carbonyl (C=O) groups is 1. The molecule has 0 aliphatic carbocycles. The van der Waals surface area contributed by atoms with Crippen LogP contribution in [0.3, 0.4) is 0 Å². The van der Waals surface area contributed by atoms with E-state index >= 15 is 0 Å². The molecule has 1 amide bonds. The summed E-state index contributed by atoms with van der Waals surface area (Å²) in [7, 11) is 0. The van der Waals surface area contributed by atoms with Crippen LogP contribution in [0.2, 0.25) is 5.15 Å². The summed E-state index contributed by atoms with van der Waals surface area (Å²) in [6.07, 6.45) is 1.63. The minimum atomic E-state index is -2.21. The Balaban J connectivity index is 1.48. The molecule has 2 aromatic carbocycles. The number of hydrogen-bond donors (Lipinski definition) is 2. The number of hydrogen-bond acceptors (Lipinski definition) is 5. The van der Waals surface area contributed by atoms with Crippen molar-refractivity contribution in [3.05, 3.63) is 77.1 Å². The highest BCUT2D eigenvalue weighted by molar-refractivity contribution is 6.29. The van der Waals surface area contributed by atoms with Crippen molar-refractivity contribution >= 4 is 28.9 Å². The minimum Gasteiger partial charge on any atom is -0.423 e. The van der Waals surface area contributed by atoms with Gasteiger partial charge in [-0.25, -0.2) is 4.98 Å². The van der Waals surface area contributed by atoms with Crippen LogP contribution < -0.4 is 20.1 Å². The number of nitrogens with one attached hydrogen (secondary N) is 2. The van der Waals surface area contributed by atoms with E-state index in [-0.39, 0.29) is 17.4 Å². The van der Waals surface area contributed by atoms with Gasteiger partial charge in [0.25, 0.3) is 5.91 Å².